The molecule has 5 aliphatic rings. The first kappa shape index (κ1) is 37.9. The van der Waals surface area contributed by atoms with Crippen molar-refractivity contribution in [2.45, 2.75) is 63.2 Å². The number of nitrogens with one attached hydrogen (secondary N) is 4. The number of aromatic nitrogens is 3. The van der Waals surface area contributed by atoms with Crippen molar-refractivity contribution in [1.82, 2.24) is 40.3 Å². The van der Waals surface area contributed by atoms with Crippen molar-refractivity contribution >= 4 is 57.5 Å². The minimum absolute atomic E-state index is 0.0367. The Bertz CT molecular complexity index is 2520. The zero-order valence-electron chi connectivity index (χ0n) is 32.6. The van der Waals surface area contributed by atoms with Crippen LogP contribution in [0.5, 0.6) is 0 Å². The number of carbonyl (C=O) groups is 6. The topological polar surface area (TPSA) is 197 Å². The molecule has 2 unspecified atom stereocenters. The van der Waals surface area contributed by atoms with Crippen LogP contribution < -0.4 is 21.3 Å². The maximum absolute atomic E-state index is 13.4. The number of dihydropyridines is 1. The molecule has 59 heavy (non-hydrogen) atoms. The lowest BCUT2D eigenvalue weighted by molar-refractivity contribution is -0.136. The Balaban J connectivity index is 0.846. The number of nitrogens with zero attached hydrogens (tertiary/aromatic N) is 5. The van der Waals surface area contributed by atoms with Crippen LogP contribution in [0.15, 0.2) is 67.0 Å². The van der Waals surface area contributed by atoms with Gasteiger partial charge in [-0.25, -0.2) is 4.98 Å². The molecule has 2 fully saturated rings. The quantitative estimate of drug-likeness (QED) is 0.144. The minimum Gasteiger partial charge on any atom is -0.383 e. The van der Waals surface area contributed by atoms with E-state index in [-0.39, 0.29) is 60.8 Å². The Morgan fingerprint density at radius 3 is 2.56 bits per heavy atom. The van der Waals surface area contributed by atoms with Gasteiger partial charge in [-0.15, -0.1) is 0 Å². The number of pyridine rings is 1. The van der Waals surface area contributed by atoms with E-state index in [1.165, 1.54) is 6.07 Å². The zero-order valence-corrected chi connectivity index (χ0v) is 32.6. The van der Waals surface area contributed by atoms with Crippen LogP contribution in [0.2, 0.25) is 0 Å². The largest absolute Gasteiger partial charge is 0.383 e. The first-order valence-electron chi connectivity index (χ1n) is 19.9. The maximum atomic E-state index is 13.4. The zero-order chi connectivity index (χ0) is 40.9. The van der Waals surface area contributed by atoms with Gasteiger partial charge in [0.2, 0.25) is 23.6 Å². The van der Waals surface area contributed by atoms with Crippen molar-refractivity contribution in [2.75, 3.05) is 38.7 Å². The number of hydrogen-bond acceptors (Lipinski definition) is 11. The summed E-state index contributed by atoms with van der Waals surface area (Å²) in [5.74, 6) is -1.32. The van der Waals surface area contributed by atoms with Gasteiger partial charge in [-0.05, 0) is 49.8 Å². The Morgan fingerprint density at radius 2 is 1.78 bits per heavy atom. The fraction of sp³-hybridized carbons (Fsp3) is 0.349. The molecule has 0 bridgehead atoms. The van der Waals surface area contributed by atoms with Crippen molar-refractivity contribution in [3.63, 3.8) is 0 Å². The first-order chi connectivity index (χ1) is 28.6. The molecule has 9 rings (SSSR count). The van der Waals surface area contributed by atoms with Crippen LogP contribution in [0.1, 0.15) is 82.5 Å². The number of carbonyl (C=O) groups excluding carboxylic acids is 6. The second-order valence-electron chi connectivity index (χ2n) is 15.5. The summed E-state index contributed by atoms with van der Waals surface area (Å²) >= 11 is 0. The van der Waals surface area contributed by atoms with Crippen LogP contribution >= 0.6 is 0 Å². The molecule has 0 radical (unpaired) electrons. The molecule has 16 nitrogen and oxygen atoms in total. The smallest absolute Gasteiger partial charge is 0.264 e. The molecule has 2 aromatic heterocycles. The van der Waals surface area contributed by atoms with E-state index < -0.39 is 35.7 Å². The van der Waals surface area contributed by atoms with Crippen LogP contribution in [-0.4, -0.2) is 105 Å². The van der Waals surface area contributed by atoms with Crippen LogP contribution in [0.4, 0.5) is 5.69 Å². The highest BCUT2D eigenvalue weighted by molar-refractivity contribution is 6.25. The summed E-state index contributed by atoms with van der Waals surface area (Å²) in [6, 6.07) is 10.9. The molecular weight excluding hydrogens is 755 g/mol. The lowest BCUT2D eigenvalue weighted by atomic mass is 9.98. The molecular formula is C43H43N9O7. The number of likely N-dealkylation sites (N-methyl/N-ethyl adjacent to an activating group) is 1. The summed E-state index contributed by atoms with van der Waals surface area (Å²) in [7, 11) is 1.84. The lowest BCUT2D eigenvalue weighted by Crippen LogP contribution is -2.54. The van der Waals surface area contributed by atoms with E-state index >= 15 is 0 Å². The molecule has 2 saturated heterocycles. The third-order valence-corrected chi connectivity index (χ3v) is 11.8. The molecule has 0 aliphatic carbocycles. The molecule has 2 aromatic carbocycles. The van der Waals surface area contributed by atoms with E-state index in [2.05, 4.69) is 31.9 Å². The summed E-state index contributed by atoms with van der Waals surface area (Å²) in [6.45, 7) is 4.25. The molecule has 0 spiro atoms. The molecule has 302 valence electrons. The molecule has 4 aromatic rings. The number of imide groups is 2. The number of amides is 6. The summed E-state index contributed by atoms with van der Waals surface area (Å²) in [6.07, 6.45) is 9.10. The standard InChI is InChI=1S/C43H43N9O7/c1-23-41(56)50(2)22-34-37(49-38(51(23)34)24-13-17-59-18-14-24)27-6-3-5-25-19-32(47-21-29(25)27)26-9-10-31(46-20-26)39(54)45-16-15-44-30-8-4-7-28-36(30)43(58)52(42(28)57)33-11-12-35(53)48-40(33)55/h3-10,19-21,23-24,31,33,44,46H,11-18,22H2,1-2H3,(H,45,54)(H,48,53,55)/t23-,31?,33?/m1/s1. The van der Waals surface area contributed by atoms with Crippen molar-refractivity contribution in [2.24, 2.45) is 0 Å². The van der Waals surface area contributed by atoms with Gasteiger partial charge >= 0.3 is 0 Å². The molecule has 5 aliphatic heterocycles. The van der Waals surface area contributed by atoms with E-state index in [9.17, 15) is 28.8 Å². The fourth-order valence-electron chi connectivity index (χ4n) is 8.76. The maximum Gasteiger partial charge on any atom is 0.264 e. The van der Waals surface area contributed by atoms with Gasteiger partial charge in [-0.3, -0.25) is 44.0 Å². The summed E-state index contributed by atoms with van der Waals surface area (Å²) in [5, 5.41) is 13.3. The van der Waals surface area contributed by atoms with Gasteiger partial charge in [0.15, 0.2) is 0 Å². The van der Waals surface area contributed by atoms with Gasteiger partial charge in [0.1, 0.15) is 23.9 Å². The number of allylic oxidation sites excluding steroid dienone is 2. The van der Waals surface area contributed by atoms with Gasteiger partial charge in [0.05, 0.1) is 34.8 Å². The number of anilines is 1. The van der Waals surface area contributed by atoms with Gasteiger partial charge in [-0.2, -0.15) is 0 Å². The number of benzene rings is 2. The van der Waals surface area contributed by atoms with E-state index in [1.807, 2.05) is 44.4 Å². The third-order valence-electron chi connectivity index (χ3n) is 11.8. The van der Waals surface area contributed by atoms with E-state index in [0.717, 1.165) is 62.6 Å². The van der Waals surface area contributed by atoms with Gasteiger partial charge < -0.3 is 30.2 Å². The van der Waals surface area contributed by atoms with Crippen molar-refractivity contribution in [1.29, 1.82) is 0 Å². The molecule has 3 atom stereocenters. The number of hydrogen-bond donors (Lipinski definition) is 4. The fourth-order valence-corrected chi connectivity index (χ4v) is 8.76. The molecule has 7 heterocycles. The normalized spacial score (nSPS) is 21.9. The van der Waals surface area contributed by atoms with E-state index in [4.69, 9.17) is 14.7 Å². The van der Waals surface area contributed by atoms with Crippen LogP contribution in [0, 0.1) is 0 Å². The number of ether oxygens (including phenoxy) is 1. The highest BCUT2D eigenvalue weighted by Gasteiger charge is 2.45. The lowest BCUT2D eigenvalue weighted by Gasteiger charge is -2.32. The predicted octanol–water partition coefficient (Wildman–Crippen LogP) is 3.02. The number of piperidine rings is 1. The first-order valence-corrected chi connectivity index (χ1v) is 19.9. The van der Waals surface area contributed by atoms with Gasteiger partial charge in [0.25, 0.3) is 11.8 Å². The predicted molar refractivity (Wildman–Crippen MR) is 216 cm³/mol. The Hall–Kier alpha value is -6.68. The van der Waals surface area contributed by atoms with Crippen molar-refractivity contribution in [3.05, 3.63) is 95.4 Å². The van der Waals surface area contributed by atoms with Crippen LogP contribution in [0.3, 0.4) is 0 Å². The Kier molecular flexibility index (Phi) is 9.79. The molecule has 6 amide bonds. The molecule has 16 heteroatoms. The van der Waals surface area contributed by atoms with Crippen molar-refractivity contribution in [3.8, 4) is 11.3 Å². The molecule has 4 N–H and O–H groups in total. The highest BCUT2D eigenvalue weighted by Crippen LogP contribution is 2.40. The number of fused-ring (bicyclic) bond motifs is 3. The second-order valence-corrected chi connectivity index (χ2v) is 15.5. The minimum atomic E-state index is -1.06. The number of imidazole rings is 1. The second kappa shape index (κ2) is 15.2. The SMILES string of the molecule is C[C@@H]1C(=O)N(C)Cc2c(-c3cccc4cc(C5=CNC(C(=O)NCCNc6cccc7c6C(=O)N(C6CCC(=O)NC6=O)C7=O)C=C5)ncc34)nc(C3CCOCC3)n21. The molecule has 0 saturated carbocycles. The Labute approximate surface area is 339 Å². The average molecular weight is 798 g/mol. The highest BCUT2D eigenvalue weighted by atomic mass is 16.5. The third kappa shape index (κ3) is 6.72. The number of rotatable bonds is 9. The average Bonchev–Trinajstić information content (AvgIpc) is 3.75. The van der Waals surface area contributed by atoms with Crippen LogP contribution in [0.25, 0.3) is 27.6 Å². The van der Waals surface area contributed by atoms with Crippen molar-refractivity contribution < 1.29 is 33.5 Å². The van der Waals surface area contributed by atoms with Crippen LogP contribution in [-0.2, 0) is 30.5 Å². The van der Waals surface area contributed by atoms with E-state index in [0.29, 0.717) is 25.4 Å². The summed E-state index contributed by atoms with van der Waals surface area (Å²) in [5.41, 5.74) is 5.12. The summed E-state index contributed by atoms with van der Waals surface area (Å²) in [4.78, 5) is 89.6. The monoisotopic (exact) mass is 797 g/mol. The summed E-state index contributed by atoms with van der Waals surface area (Å²) < 4.78 is 7.79. The van der Waals surface area contributed by atoms with Gasteiger partial charge in [0, 0.05) is 80.3 Å². The van der Waals surface area contributed by atoms with Gasteiger partial charge in [-0.1, -0.05) is 36.4 Å². The van der Waals surface area contributed by atoms with E-state index in [1.54, 1.807) is 29.3 Å². The Morgan fingerprint density at radius 1 is 0.983 bits per heavy atom.